The Bertz CT molecular complexity index is 783. The summed E-state index contributed by atoms with van der Waals surface area (Å²) in [4.78, 5) is 24.5. The largest absolute Gasteiger partial charge is 0.350 e. The molecule has 2 rings (SSSR count). The summed E-state index contributed by atoms with van der Waals surface area (Å²) in [5, 5.41) is 8.52. The summed E-state index contributed by atoms with van der Waals surface area (Å²) in [6, 6.07) is 10.9. The molecule has 3 N–H and O–H groups in total. The maximum atomic E-state index is 13.7. The SMILES string of the molecule is CNC(C)CNC(=O)c1ccc(C)c(NC(=O)c2ccccc2F)c1.Cl. The maximum absolute atomic E-state index is 13.7. The van der Waals surface area contributed by atoms with E-state index in [1.807, 2.05) is 20.9 Å². The molecule has 0 aliphatic rings. The van der Waals surface area contributed by atoms with Crippen LogP contribution in [-0.4, -0.2) is 31.4 Å². The predicted molar refractivity (Wildman–Crippen MR) is 104 cm³/mol. The lowest BCUT2D eigenvalue weighted by atomic mass is 10.1. The lowest BCUT2D eigenvalue weighted by Crippen LogP contribution is -2.37. The fraction of sp³-hybridized carbons (Fsp3) is 0.263. The van der Waals surface area contributed by atoms with Crippen LogP contribution in [0.25, 0.3) is 0 Å². The lowest BCUT2D eigenvalue weighted by Gasteiger charge is -2.13. The van der Waals surface area contributed by atoms with E-state index in [0.717, 1.165) is 5.56 Å². The Kier molecular flexibility index (Phi) is 8.22. The molecular weight excluding hydrogens is 357 g/mol. The van der Waals surface area contributed by atoms with Crippen molar-refractivity contribution >= 4 is 29.9 Å². The molecular formula is C19H23ClFN3O2. The Labute approximate surface area is 158 Å². The molecule has 2 amide bonds. The van der Waals surface area contributed by atoms with Crippen LogP contribution in [0.5, 0.6) is 0 Å². The Balaban J connectivity index is 0.00000338. The van der Waals surface area contributed by atoms with Crippen molar-refractivity contribution in [3.8, 4) is 0 Å². The van der Waals surface area contributed by atoms with Crippen molar-refractivity contribution in [2.75, 3.05) is 18.9 Å². The number of amides is 2. The number of benzene rings is 2. The summed E-state index contributed by atoms with van der Waals surface area (Å²) in [6.45, 7) is 4.25. The minimum atomic E-state index is -0.590. The molecule has 0 fully saturated rings. The van der Waals surface area contributed by atoms with Crippen LogP contribution < -0.4 is 16.0 Å². The fourth-order valence-electron chi connectivity index (χ4n) is 2.18. The minimum Gasteiger partial charge on any atom is -0.350 e. The van der Waals surface area contributed by atoms with Gasteiger partial charge < -0.3 is 16.0 Å². The zero-order valence-corrected chi connectivity index (χ0v) is 15.7. The molecule has 2 aromatic carbocycles. The number of likely N-dealkylation sites (N-methyl/N-ethyl adjacent to an activating group) is 1. The highest BCUT2D eigenvalue weighted by Gasteiger charge is 2.14. The highest BCUT2D eigenvalue weighted by molar-refractivity contribution is 6.05. The molecule has 26 heavy (non-hydrogen) atoms. The van der Waals surface area contributed by atoms with Gasteiger partial charge in [0, 0.05) is 23.8 Å². The first kappa shape index (κ1) is 21.6. The van der Waals surface area contributed by atoms with Crippen LogP contribution in [0.15, 0.2) is 42.5 Å². The number of anilines is 1. The first-order valence-corrected chi connectivity index (χ1v) is 8.04. The van der Waals surface area contributed by atoms with Gasteiger partial charge in [0.15, 0.2) is 0 Å². The number of aryl methyl sites for hydroxylation is 1. The van der Waals surface area contributed by atoms with E-state index in [2.05, 4.69) is 16.0 Å². The minimum absolute atomic E-state index is 0. The van der Waals surface area contributed by atoms with Crippen LogP contribution in [0.1, 0.15) is 33.2 Å². The van der Waals surface area contributed by atoms with E-state index >= 15 is 0 Å². The van der Waals surface area contributed by atoms with Crippen LogP contribution in [0.3, 0.4) is 0 Å². The number of halogens is 2. The normalized spacial score (nSPS) is 11.2. The maximum Gasteiger partial charge on any atom is 0.258 e. The van der Waals surface area contributed by atoms with E-state index in [1.165, 1.54) is 18.2 Å². The van der Waals surface area contributed by atoms with Gasteiger partial charge in [-0.15, -0.1) is 12.4 Å². The van der Waals surface area contributed by atoms with Crippen molar-refractivity contribution in [1.29, 1.82) is 0 Å². The molecule has 0 saturated heterocycles. The van der Waals surface area contributed by atoms with Crippen molar-refractivity contribution in [2.24, 2.45) is 0 Å². The molecule has 0 spiro atoms. The van der Waals surface area contributed by atoms with Crippen LogP contribution in [0.4, 0.5) is 10.1 Å². The molecule has 0 aliphatic carbocycles. The van der Waals surface area contributed by atoms with Gasteiger partial charge in [0.1, 0.15) is 5.82 Å². The fourth-order valence-corrected chi connectivity index (χ4v) is 2.18. The highest BCUT2D eigenvalue weighted by Crippen LogP contribution is 2.19. The third kappa shape index (κ3) is 5.54. The average molecular weight is 380 g/mol. The molecule has 0 aliphatic heterocycles. The van der Waals surface area contributed by atoms with Crippen LogP contribution in [0, 0.1) is 12.7 Å². The average Bonchev–Trinajstić information content (AvgIpc) is 2.61. The van der Waals surface area contributed by atoms with Gasteiger partial charge in [0.25, 0.3) is 11.8 Å². The van der Waals surface area contributed by atoms with Gasteiger partial charge in [0.05, 0.1) is 5.56 Å². The molecule has 140 valence electrons. The van der Waals surface area contributed by atoms with Crippen LogP contribution in [-0.2, 0) is 0 Å². The van der Waals surface area contributed by atoms with Gasteiger partial charge in [-0.1, -0.05) is 18.2 Å². The molecule has 0 heterocycles. The lowest BCUT2D eigenvalue weighted by molar-refractivity contribution is 0.0949. The van der Waals surface area contributed by atoms with E-state index < -0.39 is 11.7 Å². The van der Waals surface area contributed by atoms with Crippen molar-refractivity contribution in [1.82, 2.24) is 10.6 Å². The summed E-state index contributed by atoms with van der Waals surface area (Å²) in [5.74, 6) is -1.38. The first-order valence-electron chi connectivity index (χ1n) is 8.04. The van der Waals surface area contributed by atoms with Gasteiger partial charge >= 0.3 is 0 Å². The standard InChI is InChI=1S/C19H22FN3O2.ClH/c1-12-8-9-14(18(24)22-11-13(2)21-3)10-17(12)23-19(25)15-6-4-5-7-16(15)20;/h4-10,13,21H,11H2,1-3H3,(H,22,24)(H,23,25);1H. The van der Waals surface area contributed by atoms with E-state index in [4.69, 9.17) is 0 Å². The molecule has 5 nitrogen and oxygen atoms in total. The number of nitrogens with one attached hydrogen (secondary N) is 3. The second kappa shape index (κ2) is 9.89. The summed E-state index contributed by atoms with van der Waals surface area (Å²) in [5.41, 5.74) is 1.64. The molecule has 2 aromatic rings. The van der Waals surface area contributed by atoms with Crippen molar-refractivity contribution < 1.29 is 14.0 Å². The quantitative estimate of drug-likeness (QED) is 0.722. The number of carbonyl (C=O) groups excluding carboxylic acids is 2. The Morgan fingerprint density at radius 1 is 1.12 bits per heavy atom. The molecule has 7 heteroatoms. The summed E-state index contributed by atoms with van der Waals surface area (Å²) in [6.07, 6.45) is 0. The first-order chi connectivity index (χ1) is 11.9. The monoisotopic (exact) mass is 379 g/mol. The number of rotatable bonds is 6. The van der Waals surface area contributed by atoms with Gasteiger partial charge in [-0.2, -0.15) is 0 Å². The molecule has 0 saturated carbocycles. The van der Waals surface area contributed by atoms with Gasteiger partial charge in [-0.3, -0.25) is 9.59 Å². The number of hydrogen-bond donors (Lipinski definition) is 3. The third-order valence-electron chi connectivity index (χ3n) is 3.93. The highest BCUT2D eigenvalue weighted by atomic mass is 35.5. The van der Waals surface area contributed by atoms with Crippen molar-refractivity contribution in [3.05, 3.63) is 65.0 Å². The second-order valence-corrected chi connectivity index (χ2v) is 5.86. The van der Waals surface area contributed by atoms with E-state index in [-0.39, 0.29) is 29.9 Å². The Hall–Kier alpha value is -2.44. The number of hydrogen-bond acceptors (Lipinski definition) is 3. The van der Waals surface area contributed by atoms with Gasteiger partial charge in [-0.25, -0.2) is 4.39 Å². The van der Waals surface area contributed by atoms with Gasteiger partial charge in [-0.05, 0) is 50.7 Å². The zero-order chi connectivity index (χ0) is 18.4. The van der Waals surface area contributed by atoms with E-state index in [0.29, 0.717) is 17.8 Å². The van der Waals surface area contributed by atoms with Gasteiger partial charge in [0.2, 0.25) is 0 Å². The summed E-state index contributed by atoms with van der Waals surface area (Å²) in [7, 11) is 1.82. The second-order valence-electron chi connectivity index (χ2n) is 5.86. The smallest absolute Gasteiger partial charge is 0.258 e. The Morgan fingerprint density at radius 2 is 1.81 bits per heavy atom. The number of carbonyl (C=O) groups is 2. The topological polar surface area (TPSA) is 70.2 Å². The van der Waals surface area contributed by atoms with Crippen molar-refractivity contribution in [2.45, 2.75) is 19.9 Å². The summed E-state index contributed by atoms with van der Waals surface area (Å²) < 4.78 is 13.7. The zero-order valence-electron chi connectivity index (χ0n) is 14.9. The van der Waals surface area contributed by atoms with Crippen LogP contribution in [0.2, 0.25) is 0 Å². The molecule has 0 bridgehead atoms. The Morgan fingerprint density at radius 3 is 2.46 bits per heavy atom. The van der Waals surface area contributed by atoms with Crippen LogP contribution >= 0.6 is 12.4 Å². The molecule has 0 aromatic heterocycles. The molecule has 1 unspecified atom stereocenters. The third-order valence-corrected chi connectivity index (χ3v) is 3.93. The van der Waals surface area contributed by atoms with E-state index in [9.17, 15) is 14.0 Å². The predicted octanol–water partition coefficient (Wildman–Crippen LogP) is 3.15. The van der Waals surface area contributed by atoms with E-state index in [1.54, 1.807) is 24.3 Å². The summed E-state index contributed by atoms with van der Waals surface area (Å²) >= 11 is 0. The molecule has 0 radical (unpaired) electrons. The van der Waals surface area contributed by atoms with Crippen molar-refractivity contribution in [3.63, 3.8) is 0 Å². The molecule has 1 atom stereocenters.